The summed E-state index contributed by atoms with van der Waals surface area (Å²) < 4.78 is 23.5. The summed E-state index contributed by atoms with van der Waals surface area (Å²) in [7, 11) is -3.05. The van der Waals surface area contributed by atoms with Gasteiger partial charge in [-0.25, -0.2) is 8.42 Å². The monoisotopic (exact) mass is 359 g/mol. The number of hydrogen-bond donors (Lipinski definition) is 1. The molecule has 1 heterocycles. The number of nitrogens with zero attached hydrogens (tertiary/aromatic N) is 1. The molecule has 0 saturated carbocycles. The van der Waals surface area contributed by atoms with Crippen molar-refractivity contribution in [2.75, 3.05) is 24.7 Å². The Morgan fingerprint density at radius 3 is 2.48 bits per heavy atom. The zero-order valence-electron chi connectivity index (χ0n) is 12.9. The number of aliphatic hydroxyl groups is 1. The van der Waals surface area contributed by atoms with E-state index < -0.39 is 9.84 Å². The first-order valence-corrected chi connectivity index (χ1v) is 10.0. The number of carbonyl (C=O) groups is 1. The fourth-order valence-electron chi connectivity index (χ4n) is 2.80. The van der Waals surface area contributed by atoms with Crippen LogP contribution in [-0.4, -0.2) is 55.0 Å². The molecule has 128 valence electrons. The van der Waals surface area contributed by atoms with E-state index in [9.17, 15) is 13.2 Å². The predicted molar refractivity (Wildman–Crippen MR) is 90.5 cm³/mol. The van der Waals surface area contributed by atoms with Gasteiger partial charge in [0, 0.05) is 29.8 Å². The second kappa shape index (κ2) is 8.13. The fourth-order valence-corrected chi connectivity index (χ4v) is 4.66. The Labute approximate surface area is 142 Å². The van der Waals surface area contributed by atoms with Crippen LogP contribution in [0.15, 0.2) is 24.3 Å². The predicted octanol–water partition coefficient (Wildman–Crippen LogP) is 2.13. The van der Waals surface area contributed by atoms with E-state index in [4.69, 9.17) is 16.7 Å². The quantitative estimate of drug-likeness (QED) is 0.757. The zero-order valence-corrected chi connectivity index (χ0v) is 14.5. The fraction of sp³-hybridized carbons (Fsp3) is 0.562. The summed E-state index contributed by atoms with van der Waals surface area (Å²) in [4.78, 5) is 14.4. The van der Waals surface area contributed by atoms with Crippen LogP contribution in [0.5, 0.6) is 0 Å². The summed E-state index contributed by atoms with van der Waals surface area (Å²) in [6, 6.07) is 6.37. The smallest absolute Gasteiger partial charge is 0.254 e. The third kappa shape index (κ3) is 5.19. The van der Waals surface area contributed by atoms with Gasteiger partial charge < -0.3 is 10.0 Å². The molecule has 1 aromatic carbocycles. The van der Waals surface area contributed by atoms with Crippen molar-refractivity contribution in [2.45, 2.75) is 31.7 Å². The maximum Gasteiger partial charge on any atom is 0.254 e. The highest BCUT2D eigenvalue weighted by molar-refractivity contribution is 7.91. The highest BCUT2D eigenvalue weighted by Gasteiger charge is 2.34. The molecule has 0 aliphatic carbocycles. The molecule has 1 aromatic rings. The van der Waals surface area contributed by atoms with Gasteiger partial charge in [0.05, 0.1) is 11.5 Å². The Morgan fingerprint density at radius 2 is 1.91 bits per heavy atom. The number of carbonyl (C=O) groups excluding carboxylic acids is 1. The highest BCUT2D eigenvalue weighted by Crippen LogP contribution is 2.21. The van der Waals surface area contributed by atoms with Crippen molar-refractivity contribution in [1.82, 2.24) is 4.90 Å². The molecule has 1 unspecified atom stereocenters. The number of aliphatic hydroxyl groups excluding tert-OH is 1. The Morgan fingerprint density at radius 1 is 1.22 bits per heavy atom. The number of benzene rings is 1. The van der Waals surface area contributed by atoms with Crippen LogP contribution >= 0.6 is 11.6 Å². The van der Waals surface area contributed by atoms with E-state index in [2.05, 4.69) is 0 Å². The summed E-state index contributed by atoms with van der Waals surface area (Å²) in [6.45, 7) is 0.630. The van der Waals surface area contributed by atoms with E-state index in [0.717, 1.165) is 12.8 Å². The molecule has 5 nitrogen and oxygen atoms in total. The van der Waals surface area contributed by atoms with Gasteiger partial charge in [-0.15, -0.1) is 0 Å². The van der Waals surface area contributed by atoms with Crippen LogP contribution in [0.3, 0.4) is 0 Å². The molecular weight excluding hydrogens is 338 g/mol. The second-order valence-corrected chi connectivity index (χ2v) is 8.51. The zero-order chi connectivity index (χ0) is 16.9. The van der Waals surface area contributed by atoms with Gasteiger partial charge in [0.2, 0.25) is 0 Å². The third-order valence-electron chi connectivity index (χ3n) is 4.06. The molecule has 1 fully saturated rings. The maximum absolute atomic E-state index is 12.8. The topological polar surface area (TPSA) is 74.7 Å². The largest absolute Gasteiger partial charge is 0.396 e. The molecule has 0 bridgehead atoms. The minimum Gasteiger partial charge on any atom is -0.396 e. The highest BCUT2D eigenvalue weighted by atomic mass is 35.5. The molecule has 23 heavy (non-hydrogen) atoms. The van der Waals surface area contributed by atoms with Gasteiger partial charge in [-0.1, -0.05) is 11.6 Å². The summed E-state index contributed by atoms with van der Waals surface area (Å²) in [5, 5.41) is 9.41. The second-order valence-electron chi connectivity index (χ2n) is 5.85. The van der Waals surface area contributed by atoms with Crippen LogP contribution in [0, 0.1) is 0 Å². The van der Waals surface area contributed by atoms with Gasteiger partial charge in [0.25, 0.3) is 5.91 Å². The Balaban J connectivity index is 2.11. The van der Waals surface area contributed by atoms with Gasteiger partial charge in [0.1, 0.15) is 0 Å². The number of amides is 1. The summed E-state index contributed by atoms with van der Waals surface area (Å²) >= 11 is 5.85. The molecule has 1 atom stereocenters. The lowest BCUT2D eigenvalue weighted by atomic mass is 10.1. The van der Waals surface area contributed by atoms with Crippen LogP contribution in [0.25, 0.3) is 0 Å². The van der Waals surface area contributed by atoms with E-state index in [1.807, 2.05) is 0 Å². The van der Waals surface area contributed by atoms with Crippen molar-refractivity contribution < 1.29 is 18.3 Å². The lowest BCUT2D eigenvalue weighted by Gasteiger charge is -2.28. The number of sulfone groups is 1. The molecule has 1 aliphatic heterocycles. The molecule has 0 spiro atoms. The lowest BCUT2D eigenvalue weighted by molar-refractivity contribution is 0.0692. The minimum atomic E-state index is -3.05. The molecule has 0 radical (unpaired) electrons. The summed E-state index contributed by atoms with van der Waals surface area (Å²) in [5.41, 5.74) is 0.515. The van der Waals surface area contributed by atoms with E-state index in [1.54, 1.807) is 29.2 Å². The SMILES string of the molecule is O=C(c1ccc(Cl)cc1)N(CCCCCO)C1CCS(=O)(=O)C1. The first-order valence-electron chi connectivity index (χ1n) is 7.81. The van der Waals surface area contributed by atoms with Crippen molar-refractivity contribution in [3.05, 3.63) is 34.9 Å². The van der Waals surface area contributed by atoms with Crippen LogP contribution in [0.2, 0.25) is 5.02 Å². The van der Waals surface area contributed by atoms with Gasteiger partial charge >= 0.3 is 0 Å². The van der Waals surface area contributed by atoms with Crippen LogP contribution in [-0.2, 0) is 9.84 Å². The van der Waals surface area contributed by atoms with Gasteiger partial charge in [-0.05, 0) is 49.9 Å². The molecular formula is C16H22ClNO4S. The van der Waals surface area contributed by atoms with Crippen molar-refractivity contribution in [3.8, 4) is 0 Å². The number of hydrogen-bond acceptors (Lipinski definition) is 4. The Hall–Kier alpha value is -1.11. The first kappa shape index (κ1) is 18.2. The number of unbranched alkanes of at least 4 members (excludes halogenated alkanes) is 2. The van der Waals surface area contributed by atoms with Crippen LogP contribution < -0.4 is 0 Å². The molecule has 1 aliphatic rings. The van der Waals surface area contributed by atoms with E-state index in [0.29, 0.717) is 30.0 Å². The standard InChI is InChI=1S/C16H22ClNO4S/c17-14-6-4-13(5-7-14)16(20)18(9-2-1-3-10-19)15-8-11-23(21,22)12-15/h4-7,15,19H,1-3,8-12H2. The summed E-state index contributed by atoms with van der Waals surface area (Å²) in [6.07, 6.45) is 2.73. The number of halogens is 1. The van der Waals surface area contributed by atoms with Crippen molar-refractivity contribution in [3.63, 3.8) is 0 Å². The van der Waals surface area contributed by atoms with Crippen molar-refractivity contribution in [2.24, 2.45) is 0 Å². The molecule has 1 saturated heterocycles. The first-order chi connectivity index (χ1) is 10.9. The average Bonchev–Trinajstić information content (AvgIpc) is 2.87. The van der Waals surface area contributed by atoms with Gasteiger partial charge in [-0.3, -0.25) is 4.79 Å². The molecule has 2 rings (SSSR count). The van der Waals surface area contributed by atoms with Gasteiger partial charge in [0.15, 0.2) is 9.84 Å². The normalized spacial score (nSPS) is 19.7. The third-order valence-corrected chi connectivity index (χ3v) is 6.06. The Bertz CT molecular complexity index is 630. The molecule has 1 amide bonds. The van der Waals surface area contributed by atoms with E-state index in [-0.39, 0.29) is 30.1 Å². The molecule has 7 heteroatoms. The van der Waals surface area contributed by atoms with Crippen molar-refractivity contribution in [1.29, 1.82) is 0 Å². The van der Waals surface area contributed by atoms with Crippen molar-refractivity contribution >= 4 is 27.3 Å². The van der Waals surface area contributed by atoms with Gasteiger partial charge in [-0.2, -0.15) is 0 Å². The average molecular weight is 360 g/mol. The Kier molecular flexibility index (Phi) is 6.44. The maximum atomic E-state index is 12.8. The van der Waals surface area contributed by atoms with E-state index in [1.165, 1.54) is 0 Å². The number of rotatable bonds is 7. The van der Waals surface area contributed by atoms with Crippen LogP contribution in [0.1, 0.15) is 36.0 Å². The summed E-state index contributed by atoms with van der Waals surface area (Å²) in [5.74, 6) is 0.0122. The van der Waals surface area contributed by atoms with Crippen LogP contribution in [0.4, 0.5) is 0 Å². The minimum absolute atomic E-state index is 0.0341. The molecule has 0 aromatic heterocycles. The van der Waals surface area contributed by atoms with E-state index >= 15 is 0 Å². The lowest BCUT2D eigenvalue weighted by Crippen LogP contribution is -2.41. The molecule has 1 N–H and O–H groups in total.